The molecule has 0 aliphatic carbocycles. The van der Waals surface area contributed by atoms with E-state index in [4.69, 9.17) is 55.8 Å². The van der Waals surface area contributed by atoms with Gasteiger partial charge in [0.15, 0.2) is 0 Å². The third-order valence-corrected chi connectivity index (χ3v) is 6.39. The summed E-state index contributed by atoms with van der Waals surface area (Å²) < 4.78 is 10.6. The highest BCUT2D eigenvalue weighted by Crippen LogP contribution is 2.28. The molecule has 1 heterocycles. The molecule has 1 unspecified atom stereocenters. The molecule has 1 atom stereocenters. The van der Waals surface area contributed by atoms with E-state index in [0.717, 1.165) is 5.01 Å². The largest absolute Gasteiger partial charge is 0.491 e. The van der Waals surface area contributed by atoms with E-state index in [1.165, 1.54) is 43.8 Å². The second-order valence-corrected chi connectivity index (χ2v) is 9.62. The van der Waals surface area contributed by atoms with Crippen molar-refractivity contribution in [2.24, 2.45) is 28.3 Å². The van der Waals surface area contributed by atoms with Crippen molar-refractivity contribution in [1.82, 2.24) is 10.6 Å². The van der Waals surface area contributed by atoms with Gasteiger partial charge in [-0.3, -0.25) is 14.6 Å². The van der Waals surface area contributed by atoms with Gasteiger partial charge < -0.3 is 37.4 Å². The number of rotatable bonds is 6. The smallest absolute Gasteiger partial charge is 0.337 e. The molecule has 0 fully saturated rings. The van der Waals surface area contributed by atoms with Gasteiger partial charge in [-0.2, -0.15) is 5.10 Å². The van der Waals surface area contributed by atoms with E-state index >= 15 is 0 Å². The zero-order valence-electron chi connectivity index (χ0n) is 22.5. The van der Waals surface area contributed by atoms with Crippen LogP contribution in [0.15, 0.2) is 64.4 Å². The highest BCUT2D eigenvalue weighted by Gasteiger charge is 2.23. The molecule has 3 rings (SSSR count). The van der Waals surface area contributed by atoms with Crippen LogP contribution in [0.5, 0.6) is 5.75 Å². The number of nitrogens with two attached hydrogens (primary N) is 4. The summed E-state index contributed by atoms with van der Waals surface area (Å²) in [6.45, 7) is 0.200. The van der Waals surface area contributed by atoms with Crippen molar-refractivity contribution in [1.29, 1.82) is 0 Å². The van der Waals surface area contributed by atoms with E-state index in [1.54, 1.807) is 24.3 Å². The Kier molecular flexibility index (Phi) is 11.2. The molecule has 0 saturated heterocycles. The van der Waals surface area contributed by atoms with Gasteiger partial charge in [-0.15, -0.1) is 0 Å². The number of esters is 1. The molecule has 1 aliphatic heterocycles. The Hall–Kier alpha value is -4.72. The second-order valence-electron chi connectivity index (χ2n) is 8.78. The summed E-state index contributed by atoms with van der Waals surface area (Å²) in [5.74, 6) is 9.82. The standard InChI is InChI=1S/C27H30Cl2N8O5/c1-41-27(40)16-2-5-18-20(30)12-19(26(29)31)21(13-25(39)34-8-9-42-23(18)11-16)36-24(38)7-3-15-10-17(28)4-6-22(15)37(33)14-35-32/h2-7,10-12,14,21H,8-9,13,30-33H2,1H3,(H,34,39)(H,36,38)/b7-3+,20-12-,26-19+,35-14-. The zero-order valence-corrected chi connectivity index (χ0v) is 24.0. The Morgan fingerprint density at radius 2 is 2.02 bits per heavy atom. The molecule has 0 bridgehead atoms. The molecular weight excluding hydrogens is 587 g/mol. The molecule has 1 aliphatic rings. The third-order valence-electron chi connectivity index (χ3n) is 5.94. The number of hydrazine groups is 1. The number of methoxy groups -OCH3 is 1. The lowest BCUT2D eigenvalue weighted by Gasteiger charge is -2.22. The van der Waals surface area contributed by atoms with Gasteiger partial charge in [-0.1, -0.05) is 23.2 Å². The molecule has 42 heavy (non-hydrogen) atoms. The summed E-state index contributed by atoms with van der Waals surface area (Å²) in [5, 5.41) is 10.2. The highest BCUT2D eigenvalue weighted by atomic mass is 35.5. The maximum absolute atomic E-state index is 13.1. The number of benzene rings is 2. The number of hydrogen-bond donors (Lipinski definition) is 6. The summed E-state index contributed by atoms with van der Waals surface area (Å²) in [6.07, 6.45) is 5.09. The zero-order chi connectivity index (χ0) is 30.8. The number of nitrogens with zero attached hydrogens (tertiary/aromatic N) is 2. The Morgan fingerprint density at radius 1 is 1.26 bits per heavy atom. The fourth-order valence-electron chi connectivity index (χ4n) is 3.97. The van der Waals surface area contributed by atoms with Crippen LogP contribution in [0.25, 0.3) is 11.8 Å². The first-order valence-electron chi connectivity index (χ1n) is 12.3. The van der Waals surface area contributed by atoms with Crippen LogP contribution in [0.1, 0.15) is 27.9 Å². The van der Waals surface area contributed by atoms with Gasteiger partial charge in [0, 0.05) is 33.5 Å². The van der Waals surface area contributed by atoms with Crippen molar-refractivity contribution >= 4 is 64.8 Å². The number of carbonyl (C=O) groups excluding carboxylic acids is 3. The third kappa shape index (κ3) is 8.39. The molecule has 2 amide bonds. The number of hydrazone groups is 1. The minimum Gasteiger partial charge on any atom is -0.491 e. The van der Waals surface area contributed by atoms with E-state index in [0.29, 0.717) is 21.8 Å². The molecule has 0 saturated carbocycles. The van der Waals surface area contributed by atoms with Crippen LogP contribution in [-0.4, -0.2) is 50.4 Å². The van der Waals surface area contributed by atoms with Gasteiger partial charge in [0.25, 0.3) is 0 Å². The lowest BCUT2D eigenvalue weighted by Crippen LogP contribution is -2.41. The number of ether oxygens (including phenoxy) is 2. The van der Waals surface area contributed by atoms with Gasteiger partial charge in [0.2, 0.25) is 11.8 Å². The number of amides is 2. The van der Waals surface area contributed by atoms with Crippen LogP contribution in [0.2, 0.25) is 5.02 Å². The minimum absolute atomic E-state index is 0.0751. The van der Waals surface area contributed by atoms with Crippen LogP contribution in [0, 0.1) is 0 Å². The average Bonchev–Trinajstić information content (AvgIpc) is 2.95. The van der Waals surface area contributed by atoms with Crippen LogP contribution >= 0.6 is 23.2 Å². The molecule has 15 heteroatoms. The summed E-state index contributed by atoms with van der Waals surface area (Å²) in [4.78, 5) is 37.9. The van der Waals surface area contributed by atoms with Crippen LogP contribution in [0.3, 0.4) is 0 Å². The molecule has 2 aromatic rings. The minimum atomic E-state index is -0.981. The van der Waals surface area contributed by atoms with Crippen molar-refractivity contribution in [3.8, 4) is 5.75 Å². The molecule has 0 radical (unpaired) electrons. The predicted molar refractivity (Wildman–Crippen MR) is 162 cm³/mol. The van der Waals surface area contributed by atoms with Crippen molar-refractivity contribution < 1.29 is 23.9 Å². The lowest BCUT2D eigenvalue weighted by atomic mass is 9.99. The first-order valence-corrected chi connectivity index (χ1v) is 13.1. The number of hydrogen-bond acceptors (Lipinski definition) is 10. The molecule has 2 aromatic carbocycles. The molecule has 222 valence electrons. The quantitative estimate of drug-likeness (QED) is 0.0523. The van der Waals surface area contributed by atoms with E-state index in [9.17, 15) is 14.4 Å². The van der Waals surface area contributed by atoms with Gasteiger partial charge in [-0.05, 0) is 48.6 Å². The Bertz CT molecular complexity index is 1470. The molecule has 10 N–H and O–H groups in total. The number of carbonyl (C=O) groups is 3. The molecule has 0 aromatic heterocycles. The van der Waals surface area contributed by atoms with Gasteiger partial charge in [0.1, 0.15) is 23.9 Å². The first-order chi connectivity index (χ1) is 20.0. The number of anilines is 1. The van der Waals surface area contributed by atoms with Crippen molar-refractivity contribution in [3.63, 3.8) is 0 Å². The number of nitrogens with one attached hydrogen (secondary N) is 2. The molecule has 13 nitrogen and oxygen atoms in total. The van der Waals surface area contributed by atoms with E-state index in [2.05, 4.69) is 15.7 Å². The molecule has 0 spiro atoms. The van der Waals surface area contributed by atoms with E-state index in [1.807, 2.05) is 0 Å². The normalized spacial score (nSPS) is 18.4. The summed E-state index contributed by atoms with van der Waals surface area (Å²) in [6, 6.07) is 8.41. The van der Waals surface area contributed by atoms with Crippen molar-refractivity contribution in [2.75, 3.05) is 25.3 Å². The van der Waals surface area contributed by atoms with E-state index in [-0.39, 0.29) is 47.3 Å². The monoisotopic (exact) mass is 616 g/mol. The topological polar surface area (TPSA) is 213 Å². The number of halogens is 2. The van der Waals surface area contributed by atoms with Gasteiger partial charge in [0.05, 0.1) is 37.4 Å². The fourth-order valence-corrected chi connectivity index (χ4v) is 4.33. The lowest BCUT2D eigenvalue weighted by molar-refractivity contribution is -0.122. The summed E-state index contributed by atoms with van der Waals surface area (Å²) >= 11 is 12.4. The van der Waals surface area contributed by atoms with Crippen molar-refractivity contribution in [3.05, 3.63) is 81.0 Å². The summed E-state index contributed by atoms with van der Waals surface area (Å²) in [7, 11) is 1.26. The van der Waals surface area contributed by atoms with Gasteiger partial charge >= 0.3 is 5.97 Å². The van der Waals surface area contributed by atoms with Gasteiger partial charge in [-0.25, -0.2) is 10.6 Å². The average molecular weight is 617 g/mol. The SMILES string of the molecule is COC(=O)c1ccc2c(c1)OCCNC(=O)CC(NC(=O)/C=C/c1cc(Cl)ccc1N(N)/C=N\N)C(=C(/N)Cl)/C=C/2N. The molecular formula is C27H30Cl2N8O5. The maximum Gasteiger partial charge on any atom is 0.337 e. The maximum atomic E-state index is 13.1. The first kappa shape index (κ1) is 31.8. The van der Waals surface area contributed by atoms with Crippen LogP contribution in [0.4, 0.5) is 5.69 Å². The highest BCUT2D eigenvalue weighted by molar-refractivity contribution is 6.31. The predicted octanol–water partition coefficient (Wildman–Crippen LogP) is 1.51. The second kappa shape index (κ2) is 14.8. The number of fused-ring (bicyclic) bond motifs is 1. The van der Waals surface area contributed by atoms with E-state index < -0.39 is 23.8 Å². The van der Waals surface area contributed by atoms with Crippen LogP contribution in [-0.2, 0) is 14.3 Å². The Labute approximate surface area is 251 Å². The fraction of sp³-hybridized carbons (Fsp3) is 0.185. The Balaban J connectivity index is 1.97. The van der Waals surface area contributed by atoms with Crippen molar-refractivity contribution in [2.45, 2.75) is 12.5 Å². The van der Waals surface area contributed by atoms with Crippen LogP contribution < -0.4 is 43.5 Å². The Morgan fingerprint density at radius 3 is 2.71 bits per heavy atom. The summed E-state index contributed by atoms with van der Waals surface area (Å²) in [5.41, 5.74) is 14.3.